The van der Waals surface area contributed by atoms with Gasteiger partial charge in [-0.2, -0.15) is 0 Å². The van der Waals surface area contributed by atoms with Gasteiger partial charge in [-0.25, -0.2) is 0 Å². The fourth-order valence-corrected chi connectivity index (χ4v) is 3.34. The van der Waals surface area contributed by atoms with Gasteiger partial charge in [0, 0.05) is 5.92 Å². The summed E-state index contributed by atoms with van der Waals surface area (Å²) in [6.45, 7) is 15.4. The molecular weight excluding hydrogens is 260 g/mol. The van der Waals surface area contributed by atoms with Crippen LogP contribution in [0.1, 0.15) is 74.1 Å². The summed E-state index contributed by atoms with van der Waals surface area (Å²) < 4.78 is 5.99. The minimum Gasteiger partial charge on any atom is -0.367 e. The third-order valence-corrected chi connectivity index (χ3v) is 4.86. The molecule has 0 aliphatic heterocycles. The summed E-state index contributed by atoms with van der Waals surface area (Å²) in [5.74, 6) is 1.27. The van der Waals surface area contributed by atoms with Crippen molar-refractivity contribution in [1.82, 2.24) is 0 Å². The van der Waals surface area contributed by atoms with E-state index in [4.69, 9.17) is 4.74 Å². The zero-order valence-electron chi connectivity index (χ0n) is 15.1. The molecule has 124 valence electrons. The van der Waals surface area contributed by atoms with Crippen LogP contribution >= 0.6 is 0 Å². The average Bonchev–Trinajstić information content (AvgIpc) is 2.34. The first-order valence-corrected chi connectivity index (χ1v) is 8.59. The van der Waals surface area contributed by atoms with E-state index in [2.05, 4.69) is 54.5 Å². The van der Waals surface area contributed by atoms with Gasteiger partial charge in [-0.05, 0) is 56.8 Å². The molecular formula is C19H36O2. The van der Waals surface area contributed by atoms with Crippen LogP contribution in [-0.2, 0) is 4.74 Å². The second-order valence-electron chi connectivity index (χ2n) is 8.43. The molecule has 1 saturated carbocycles. The van der Waals surface area contributed by atoms with Crippen LogP contribution in [-0.4, -0.2) is 17.5 Å². The van der Waals surface area contributed by atoms with E-state index >= 15 is 0 Å². The maximum Gasteiger partial charge on any atom is 0.161 e. The maximum atomic E-state index is 10.4. The molecule has 0 amide bonds. The molecule has 0 radical (unpaired) electrons. The van der Waals surface area contributed by atoms with E-state index in [1.54, 1.807) is 0 Å². The summed E-state index contributed by atoms with van der Waals surface area (Å²) in [6.07, 6.45) is 6.31. The molecule has 1 rings (SSSR count). The Morgan fingerprint density at radius 3 is 2.00 bits per heavy atom. The second-order valence-corrected chi connectivity index (χ2v) is 8.43. The van der Waals surface area contributed by atoms with Gasteiger partial charge in [0.1, 0.15) is 0 Å². The van der Waals surface area contributed by atoms with Crippen LogP contribution in [0, 0.1) is 23.2 Å². The Kier molecular flexibility index (Phi) is 6.93. The molecule has 21 heavy (non-hydrogen) atoms. The Bertz CT molecular complexity index is 326. The van der Waals surface area contributed by atoms with E-state index in [0.29, 0.717) is 11.3 Å². The van der Waals surface area contributed by atoms with E-state index in [-0.39, 0.29) is 12.0 Å². The molecule has 0 heterocycles. The fourth-order valence-electron chi connectivity index (χ4n) is 3.34. The molecule has 2 unspecified atom stereocenters. The van der Waals surface area contributed by atoms with Crippen LogP contribution in [0.5, 0.6) is 0 Å². The Morgan fingerprint density at radius 1 is 1.10 bits per heavy atom. The molecule has 1 aliphatic rings. The first-order valence-electron chi connectivity index (χ1n) is 8.59. The van der Waals surface area contributed by atoms with Gasteiger partial charge >= 0.3 is 0 Å². The van der Waals surface area contributed by atoms with Crippen molar-refractivity contribution < 1.29 is 9.84 Å². The van der Waals surface area contributed by atoms with Gasteiger partial charge < -0.3 is 9.84 Å². The van der Waals surface area contributed by atoms with Crippen LogP contribution in [0.25, 0.3) is 0 Å². The summed E-state index contributed by atoms with van der Waals surface area (Å²) in [4.78, 5) is 0. The van der Waals surface area contributed by atoms with Gasteiger partial charge in [-0.1, -0.05) is 46.3 Å². The van der Waals surface area contributed by atoms with Gasteiger partial charge in [0.15, 0.2) is 6.29 Å². The molecule has 0 saturated heterocycles. The van der Waals surface area contributed by atoms with E-state index < -0.39 is 6.29 Å². The van der Waals surface area contributed by atoms with Crippen LogP contribution in [0.3, 0.4) is 0 Å². The average molecular weight is 296 g/mol. The number of allylic oxidation sites excluding steroid dienone is 1. The van der Waals surface area contributed by atoms with E-state index in [1.165, 1.54) is 18.4 Å². The van der Waals surface area contributed by atoms with Crippen molar-refractivity contribution >= 4 is 0 Å². The lowest BCUT2D eigenvalue weighted by atomic mass is 9.72. The molecule has 0 aromatic rings. The predicted octanol–water partition coefficient (Wildman–Crippen LogP) is 5.16. The lowest BCUT2D eigenvalue weighted by Gasteiger charge is -2.38. The zero-order chi connectivity index (χ0) is 16.2. The molecule has 0 bridgehead atoms. The van der Waals surface area contributed by atoms with Crippen LogP contribution in [0.4, 0.5) is 0 Å². The molecule has 0 spiro atoms. The van der Waals surface area contributed by atoms with Gasteiger partial charge in [-0.3, -0.25) is 0 Å². The smallest absolute Gasteiger partial charge is 0.161 e. The quantitative estimate of drug-likeness (QED) is 0.560. The van der Waals surface area contributed by atoms with Gasteiger partial charge in [0.05, 0.1) is 6.10 Å². The molecule has 0 aromatic heterocycles. The Balaban J connectivity index is 2.52. The van der Waals surface area contributed by atoms with Crippen molar-refractivity contribution in [3.05, 3.63) is 11.6 Å². The minimum atomic E-state index is -0.670. The highest BCUT2D eigenvalue weighted by Gasteiger charge is 2.32. The summed E-state index contributed by atoms with van der Waals surface area (Å²) in [6, 6.07) is 0. The third kappa shape index (κ3) is 6.12. The maximum absolute atomic E-state index is 10.4. The number of aliphatic hydroxyl groups is 1. The lowest BCUT2D eigenvalue weighted by molar-refractivity contribution is -0.173. The highest BCUT2D eigenvalue weighted by Crippen LogP contribution is 2.39. The van der Waals surface area contributed by atoms with Crippen molar-refractivity contribution in [1.29, 1.82) is 0 Å². The molecule has 2 heteroatoms. The number of ether oxygens (including phenoxy) is 1. The monoisotopic (exact) mass is 296 g/mol. The van der Waals surface area contributed by atoms with Crippen molar-refractivity contribution in [3.8, 4) is 0 Å². The second kappa shape index (κ2) is 7.78. The summed E-state index contributed by atoms with van der Waals surface area (Å²) in [5.41, 5.74) is 1.64. The zero-order valence-corrected chi connectivity index (χ0v) is 15.1. The van der Waals surface area contributed by atoms with Crippen molar-refractivity contribution in [3.63, 3.8) is 0 Å². The molecule has 1 fully saturated rings. The van der Waals surface area contributed by atoms with Crippen LogP contribution < -0.4 is 0 Å². The normalized spacial score (nSPS) is 26.5. The number of hydrogen-bond donors (Lipinski definition) is 1. The minimum absolute atomic E-state index is 0.0929. The molecule has 0 aromatic carbocycles. The van der Waals surface area contributed by atoms with Crippen molar-refractivity contribution in [2.24, 2.45) is 23.2 Å². The molecule has 1 N–H and O–H groups in total. The summed E-state index contributed by atoms with van der Waals surface area (Å²) in [5, 5.41) is 10.4. The number of aliphatic hydroxyl groups excluding tert-OH is 1. The third-order valence-electron chi connectivity index (χ3n) is 4.86. The Morgan fingerprint density at radius 2 is 1.62 bits per heavy atom. The van der Waals surface area contributed by atoms with Crippen molar-refractivity contribution in [2.75, 3.05) is 0 Å². The van der Waals surface area contributed by atoms with Crippen LogP contribution in [0.15, 0.2) is 11.6 Å². The first kappa shape index (κ1) is 18.7. The Labute approximate surface area is 132 Å². The predicted molar refractivity (Wildman–Crippen MR) is 90.1 cm³/mol. The van der Waals surface area contributed by atoms with Crippen molar-refractivity contribution in [2.45, 2.75) is 86.5 Å². The lowest BCUT2D eigenvalue weighted by Crippen LogP contribution is -2.35. The first-order chi connectivity index (χ1) is 9.61. The molecule has 2 nitrogen and oxygen atoms in total. The fraction of sp³-hybridized carbons (Fsp3) is 0.895. The highest BCUT2D eigenvalue weighted by atomic mass is 16.6. The van der Waals surface area contributed by atoms with Crippen LogP contribution in [0.2, 0.25) is 0 Å². The van der Waals surface area contributed by atoms with E-state index in [0.717, 1.165) is 18.8 Å². The SMILES string of the molecule is CC(C)=CC(C(C)C)C(O)OC1CCC(C(C)(C)C)CC1. The number of hydrogen-bond acceptors (Lipinski definition) is 2. The number of rotatable bonds is 5. The standard InChI is InChI=1S/C19H36O2/c1-13(2)12-17(14(3)4)18(20)21-16-10-8-15(9-11-16)19(5,6)7/h12,14-18,20H,8-11H2,1-7H3. The van der Waals surface area contributed by atoms with Gasteiger partial charge in [-0.15, -0.1) is 0 Å². The largest absolute Gasteiger partial charge is 0.367 e. The van der Waals surface area contributed by atoms with Gasteiger partial charge in [0.2, 0.25) is 0 Å². The summed E-state index contributed by atoms with van der Waals surface area (Å²) in [7, 11) is 0. The Hall–Kier alpha value is -0.340. The molecule has 2 atom stereocenters. The highest BCUT2D eigenvalue weighted by molar-refractivity contribution is 4.99. The molecule has 1 aliphatic carbocycles. The topological polar surface area (TPSA) is 29.5 Å². The van der Waals surface area contributed by atoms with Gasteiger partial charge in [0.25, 0.3) is 0 Å². The van der Waals surface area contributed by atoms with E-state index in [1.807, 2.05) is 0 Å². The summed E-state index contributed by atoms with van der Waals surface area (Å²) >= 11 is 0. The van der Waals surface area contributed by atoms with E-state index in [9.17, 15) is 5.11 Å².